The summed E-state index contributed by atoms with van der Waals surface area (Å²) in [5, 5.41) is 6.36. The van der Waals surface area contributed by atoms with Gasteiger partial charge in [-0.2, -0.15) is 0 Å². The van der Waals surface area contributed by atoms with Crippen LogP contribution in [0.4, 0.5) is 5.69 Å². The first-order chi connectivity index (χ1) is 9.20. The second-order valence-corrected chi connectivity index (χ2v) is 6.35. The van der Waals surface area contributed by atoms with Gasteiger partial charge in [0.15, 0.2) is 0 Å². The van der Waals surface area contributed by atoms with Gasteiger partial charge in [0, 0.05) is 23.2 Å². The molecule has 1 aromatic carbocycles. The molecule has 2 aliphatic heterocycles. The molecule has 2 N–H and O–H groups in total. The first kappa shape index (κ1) is 13.1. The van der Waals surface area contributed by atoms with E-state index in [4.69, 9.17) is 0 Å². The average molecular weight is 324 g/mol. The van der Waals surface area contributed by atoms with Crippen molar-refractivity contribution in [1.82, 2.24) is 10.2 Å². The smallest absolute Gasteiger partial charge is 0.238 e. The van der Waals surface area contributed by atoms with E-state index in [1.54, 1.807) is 0 Å². The van der Waals surface area contributed by atoms with Gasteiger partial charge in [0.25, 0.3) is 0 Å². The van der Waals surface area contributed by atoms with Crippen LogP contribution in [0, 0.1) is 11.8 Å². The predicted octanol–water partition coefficient (Wildman–Crippen LogP) is 1.54. The summed E-state index contributed by atoms with van der Waals surface area (Å²) in [7, 11) is 0. The van der Waals surface area contributed by atoms with Crippen LogP contribution in [-0.4, -0.2) is 43.5 Å². The number of hydrogen-bond donors (Lipinski definition) is 2. The number of fused-ring (bicyclic) bond motifs is 1. The van der Waals surface area contributed by atoms with Crippen molar-refractivity contribution in [2.45, 2.75) is 0 Å². The van der Waals surface area contributed by atoms with Crippen LogP contribution in [0.5, 0.6) is 0 Å². The number of likely N-dealkylation sites (tertiary alicyclic amines) is 1. The molecule has 0 saturated carbocycles. The maximum absolute atomic E-state index is 12.0. The molecule has 0 spiro atoms. The van der Waals surface area contributed by atoms with Crippen LogP contribution in [0.1, 0.15) is 0 Å². The van der Waals surface area contributed by atoms with Crippen LogP contribution in [0.2, 0.25) is 0 Å². The highest BCUT2D eigenvalue weighted by molar-refractivity contribution is 9.10. The lowest BCUT2D eigenvalue weighted by molar-refractivity contribution is -0.117. The second kappa shape index (κ2) is 5.61. The van der Waals surface area contributed by atoms with Gasteiger partial charge in [-0.25, -0.2) is 0 Å². The molecular weight excluding hydrogens is 306 g/mol. The lowest BCUT2D eigenvalue weighted by Crippen LogP contribution is -2.33. The molecule has 2 saturated heterocycles. The molecule has 1 aromatic rings. The highest BCUT2D eigenvalue weighted by Gasteiger charge is 2.36. The van der Waals surface area contributed by atoms with Crippen LogP contribution < -0.4 is 10.6 Å². The summed E-state index contributed by atoms with van der Waals surface area (Å²) in [6, 6.07) is 7.70. The highest BCUT2D eigenvalue weighted by Crippen LogP contribution is 2.26. The van der Waals surface area contributed by atoms with E-state index in [9.17, 15) is 4.79 Å². The summed E-state index contributed by atoms with van der Waals surface area (Å²) < 4.78 is 0.979. The van der Waals surface area contributed by atoms with E-state index < -0.39 is 0 Å². The van der Waals surface area contributed by atoms with Crippen molar-refractivity contribution in [3.05, 3.63) is 28.7 Å². The summed E-state index contributed by atoms with van der Waals surface area (Å²) in [5.41, 5.74) is 0.848. The molecular formula is C14H18BrN3O. The summed E-state index contributed by atoms with van der Waals surface area (Å²) >= 11 is 3.40. The Morgan fingerprint density at radius 3 is 2.79 bits per heavy atom. The monoisotopic (exact) mass is 323 g/mol. The van der Waals surface area contributed by atoms with Crippen molar-refractivity contribution in [3.63, 3.8) is 0 Å². The van der Waals surface area contributed by atoms with Gasteiger partial charge in [0.1, 0.15) is 0 Å². The Morgan fingerprint density at radius 2 is 2.11 bits per heavy atom. The molecule has 1 amide bonds. The molecule has 2 fully saturated rings. The first-order valence-electron chi connectivity index (χ1n) is 6.69. The van der Waals surface area contributed by atoms with Gasteiger partial charge in [-0.3, -0.25) is 9.69 Å². The summed E-state index contributed by atoms with van der Waals surface area (Å²) in [6.45, 7) is 4.80. The number of benzene rings is 1. The lowest BCUT2D eigenvalue weighted by Gasteiger charge is -2.16. The normalized spacial score (nSPS) is 26.4. The average Bonchev–Trinajstić information content (AvgIpc) is 2.89. The van der Waals surface area contributed by atoms with Crippen molar-refractivity contribution in [2.75, 3.05) is 38.0 Å². The molecule has 19 heavy (non-hydrogen) atoms. The molecule has 2 heterocycles. The summed E-state index contributed by atoms with van der Waals surface area (Å²) in [6.07, 6.45) is 0. The van der Waals surface area contributed by atoms with Gasteiger partial charge in [-0.1, -0.05) is 22.0 Å². The molecule has 2 aliphatic rings. The Labute approximate surface area is 121 Å². The van der Waals surface area contributed by atoms with E-state index >= 15 is 0 Å². The lowest BCUT2D eigenvalue weighted by atomic mass is 10.0. The molecule has 5 heteroatoms. The van der Waals surface area contributed by atoms with Gasteiger partial charge in [-0.15, -0.1) is 0 Å². The van der Waals surface area contributed by atoms with Gasteiger partial charge in [0.05, 0.1) is 6.54 Å². The Hall–Kier alpha value is -0.910. The van der Waals surface area contributed by atoms with Crippen LogP contribution in [0.25, 0.3) is 0 Å². The van der Waals surface area contributed by atoms with Crippen LogP contribution in [-0.2, 0) is 4.79 Å². The zero-order valence-corrected chi connectivity index (χ0v) is 12.3. The number of carbonyl (C=O) groups excluding carboxylic acids is 1. The number of hydrogen-bond acceptors (Lipinski definition) is 3. The maximum Gasteiger partial charge on any atom is 0.238 e. The van der Waals surface area contributed by atoms with E-state index in [1.165, 1.54) is 0 Å². The number of nitrogens with zero attached hydrogens (tertiary/aromatic N) is 1. The van der Waals surface area contributed by atoms with Crippen molar-refractivity contribution < 1.29 is 4.79 Å². The minimum atomic E-state index is 0.0750. The fraction of sp³-hybridized carbons (Fsp3) is 0.500. The minimum Gasteiger partial charge on any atom is -0.325 e. The van der Waals surface area contributed by atoms with Gasteiger partial charge in [-0.05, 0) is 43.1 Å². The van der Waals surface area contributed by atoms with Crippen LogP contribution in [0.3, 0.4) is 0 Å². The Kier molecular flexibility index (Phi) is 3.86. The quantitative estimate of drug-likeness (QED) is 0.886. The van der Waals surface area contributed by atoms with E-state index in [0.29, 0.717) is 6.54 Å². The van der Waals surface area contributed by atoms with Gasteiger partial charge in [0.2, 0.25) is 5.91 Å². The van der Waals surface area contributed by atoms with Crippen LogP contribution in [0.15, 0.2) is 28.7 Å². The SMILES string of the molecule is O=C(CN1C[C@H]2CNC[C@H]2C1)Nc1cccc(Br)c1. The number of nitrogens with one attached hydrogen (secondary N) is 2. The topological polar surface area (TPSA) is 44.4 Å². The third-order valence-electron chi connectivity index (χ3n) is 3.94. The number of amides is 1. The first-order valence-corrected chi connectivity index (χ1v) is 7.48. The summed E-state index contributed by atoms with van der Waals surface area (Å²) in [5.74, 6) is 1.54. The van der Waals surface area contributed by atoms with Crippen molar-refractivity contribution in [1.29, 1.82) is 0 Å². The van der Waals surface area contributed by atoms with Gasteiger partial charge < -0.3 is 10.6 Å². The van der Waals surface area contributed by atoms with E-state index in [1.807, 2.05) is 24.3 Å². The van der Waals surface area contributed by atoms with E-state index in [2.05, 4.69) is 31.5 Å². The molecule has 0 bridgehead atoms. The molecule has 102 valence electrons. The van der Waals surface area contributed by atoms with Crippen molar-refractivity contribution in [3.8, 4) is 0 Å². The fourth-order valence-electron chi connectivity index (χ4n) is 3.05. The Bertz CT molecular complexity index is 468. The Balaban J connectivity index is 1.52. The molecule has 0 unspecified atom stereocenters. The number of anilines is 1. The summed E-state index contributed by atoms with van der Waals surface area (Å²) in [4.78, 5) is 14.3. The highest BCUT2D eigenvalue weighted by atomic mass is 79.9. The predicted molar refractivity (Wildman–Crippen MR) is 79.1 cm³/mol. The van der Waals surface area contributed by atoms with Crippen molar-refractivity contribution in [2.24, 2.45) is 11.8 Å². The third-order valence-corrected chi connectivity index (χ3v) is 4.43. The fourth-order valence-corrected chi connectivity index (χ4v) is 3.45. The largest absolute Gasteiger partial charge is 0.325 e. The van der Waals surface area contributed by atoms with E-state index in [0.717, 1.165) is 48.2 Å². The zero-order chi connectivity index (χ0) is 13.2. The van der Waals surface area contributed by atoms with E-state index in [-0.39, 0.29) is 5.91 Å². The molecule has 0 aromatic heterocycles. The third kappa shape index (κ3) is 3.16. The van der Waals surface area contributed by atoms with Gasteiger partial charge >= 0.3 is 0 Å². The number of rotatable bonds is 3. The zero-order valence-electron chi connectivity index (χ0n) is 10.7. The Morgan fingerprint density at radius 1 is 1.37 bits per heavy atom. The molecule has 2 atom stereocenters. The molecule has 0 radical (unpaired) electrons. The molecule has 0 aliphatic carbocycles. The molecule has 3 rings (SSSR count). The molecule has 4 nitrogen and oxygen atoms in total. The maximum atomic E-state index is 12.0. The minimum absolute atomic E-state index is 0.0750. The van der Waals surface area contributed by atoms with Crippen LogP contribution >= 0.6 is 15.9 Å². The number of halogens is 1. The second-order valence-electron chi connectivity index (χ2n) is 5.43. The standard InChI is InChI=1S/C14H18BrN3O/c15-12-2-1-3-13(4-12)17-14(19)9-18-7-10-5-16-6-11(10)8-18/h1-4,10-11,16H,5-9H2,(H,17,19)/t10-,11+. The van der Waals surface area contributed by atoms with Crippen molar-refractivity contribution >= 4 is 27.5 Å². The number of carbonyl (C=O) groups is 1.